The third-order valence-corrected chi connectivity index (χ3v) is 5.57. The van der Waals surface area contributed by atoms with Gasteiger partial charge in [0.25, 0.3) is 5.91 Å². The van der Waals surface area contributed by atoms with Crippen molar-refractivity contribution in [2.24, 2.45) is 0 Å². The number of ether oxygens (including phenoxy) is 1. The van der Waals surface area contributed by atoms with Crippen LogP contribution in [-0.2, 0) is 10.0 Å². The number of rotatable bonds is 6. The van der Waals surface area contributed by atoms with Gasteiger partial charge in [-0.1, -0.05) is 23.2 Å². The third kappa shape index (κ3) is 4.88. The number of carbonyl (C=O) groups is 1. The number of halogens is 2. The minimum Gasteiger partial charge on any atom is -0.495 e. The lowest BCUT2D eigenvalue weighted by Crippen LogP contribution is -2.30. The van der Waals surface area contributed by atoms with E-state index in [4.69, 9.17) is 27.9 Å². The van der Waals surface area contributed by atoms with Crippen LogP contribution >= 0.6 is 23.2 Å². The van der Waals surface area contributed by atoms with Gasteiger partial charge < -0.3 is 10.1 Å². The molecule has 2 rings (SSSR count). The SMILES string of the molecule is COc1ccc(NC(=O)c2cc(S(=O)(=O)NC(C)C)ccc2Cl)cc1Cl. The highest BCUT2D eigenvalue weighted by Crippen LogP contribution is 2.28. The van der Waals surface area contributed by atoms with Gasteiger partial charge in [-0.2, -0.15) is 0 Å². The highest BCUT2D eigenvalue weighted by atomic mass is 35.5. The van der Waals surface area contributed by atoms with Crippen molar-refractivity contribution in [1.29, 1.82) is 0 Å². The first-order valence-electron chi connectivity index (χ1n) is 7.61. The van der Waals surface area contributed by atoms with Crippen molar-refractivity contribution in [1.82, 2.24) is 4.72 Å². The van der Waals surface area contributed by atoms with E-state index in [-0.39, 0.29) is 21.5 Å². The molecule has 0 aliphatic rings. The molecule has 0 aliphatic carbocycles. The number of hydrogen-bond acceptors (Lipinski definition) is 4. The van der Waals surface area contributed by atoms with Crippen LogP contribution in [0.15, 0.2) is 41.3 Å². The number of methoxy groups -OCH3 is 1. The summed E-state index contributed by atoms with van der Waals surface area (Å²) in [5.41, 5.74) is 0.454. The number of benzene rings is 2. The van der Waals surface area contributed by atoms with Crippen molar-refractivity contribution in [2.75, 3.05) is 12.4 Å². The molecule has 0 aromatic heterocycles. The minimum absolute atomic E-state index is 0.0326. The molecule has 0 saturated heterocycles. The number of nitrogens with one attached hydrogen (secondary N) is 2. The van der Waals surface area contributed by atoms with Crippen LogP contribution in [0.3, 0.4) is 0 Å². The van der Waals surface area contributed by atoms with Crippen LogP contribution in [-0.4, -0.2) is 27.5 Å². The molecular weight excluding hydrogens is 399 g/mol. The predicted octanol–water partition coefficient (Wildman–Crippen LogP) is 3.94. The second-order valence-corrected chi connectivity index (χ2v) is 8.25. The van der Waals surface area contributed by atoms with Crippen LogP contribution in [0.5, 0.6) is 5.75 Å². The first-order valence-corrected chi connectivity index (χ1v) is 9.84. The summed E-state index contributed by atoms with van der Waals surface area (Å²) in [6, 6.07) is 8.39. The van der Waals surface area contributed by atoms with E-state index in [1.807, 2.05) is 0 Å². The molecule has 0 aliphatic heterocycles. The fourth-order valence-corrected chi connectivity index (χ4v) is 3.90. The van der Waals surface area contributed by atoms with Gasteiger partial charge in [-0.3, -0.25) is 4.79 Å². The van der Waals surface area contributed by atoms with Crippen LogP contribution in [0.2, 0.25) is 10.0 Å². The summed E-state index contributed by atoms with van der Waals surface area (Å²) in [5, 5.41) is 3.09. The molecule has 0 fully saturated rings. The Balaban J connectivity index is 2.31. The van der Waals surface area contributed by atoms with Gasteiger partial charge in [0.2, 0.25) is 10.0 Å². The number of anilines is 1. The summed E-state index contributed by atoms with van der Waals surface area (Å²) in [6.07, 6.45) is 0. The summed E-state index contributed by atoms with van der Waals surface area (Å²) in [5.74, 6) is -0.0895. The van der Waals surface area contributed by atoms with Gasteiger partial charge in [0.15, 0.2) is 0 Å². The van der Waals surface area contributed by atoms with Crippen molar-refractivity contribution in [3.05, 3.63) is 52.0 Å². The van der Waals surface area contributed by atoms with Crippen LogP contribution < -0.4 is 14.8 Å². The van der Waals surface area contributed by atoms with Crippen LogP contribution in [0.1, 0.15) is 24.2 Å². The summed E-state index contributed by atoms with van der Waals surface area (Å²) < 4.78 is 32.1. The lowest BCUT2D eigenvalue weighted by atomic mass is 10.2. The number of hydrogen-bond donors (Lipinski definition) is 2. The summed E-state index contributed by atoms with van der Waals surface area (Å²) >= 11 is 12.1. The van der Waals surface area contributed by atoms with Gasteiger partial charge in [-0.25, -0.2) is 13.1 Å². The van der Waals surface area contributed by atoms with E-state index in [2.05, 4.69) is 10.0 Å². The van der Waals surface area contributed by atoms with E-state index in [0.717, 1.165) is 0 Å². The normalized spacial score (nSPS) is 11.5. The standard InChI is InChI=1S/C17H18Cl2N2O4S/c1-10(2)21-26(23,24)12-5-6-14(18)13(9-12)17(22)20-11-4-7-16(25-3)15(19)8-11/h4-10,21H,1-3H3,(H,20,22). The lowest BCUT2D eigenvalue weighted by Gasteiger charge is -2.12. The van der Waals surface area contributed by atoms with E-state index in [0.29, 0.717) is 16.5 Å². The Morgan fingerprint density at radius 2 is 1.77 bits per heavy atom. The number of amides is 1. The molecule has 140 valence electrons. The molecule has 9 heteroatoms. The molecule has 2 N–H and O–H groups in total. The summed E-state index contributed by atoms with van der Waals surface area (Å²) in [6.45, 7) is 3.41. The van der Waals surface area contributed by atoms with Crippen molar-refractivity contribution in [3.63, 3.8) is 0 Å². The molecule has 0 saturated carbocycles. The predicted molar refractivity (Wildman–Crippen MR) is 103 cm³/mol. The van der Waals surface area contributed by atoms with Crippen molar-refractivity contribution >= 4 is 44.8 Å². The molecule has 0 spiro atoms. The Bertz CT molecular complexity index is 930. The Kier molecular flexibility index (Phi) is 6.52. The first kappa shape index (κ1) is 20.5. The van der Waals surface area contributed by atoms with Gasteiger partial charge in [0.05, 0.1) is 27.6 Å². The maximum atomic E-state index is 12.5. The highest BCUT2D eigenvalue weighted by molar-refractivity contribution is 7.89. The molecule has 2 aromatic carbocycles. The highest BCUT2D eigenvalue weighted by Gasteiger charge is 2.20. The zero-order valence-electron chi connectivity index (χ0n) is 14.3. The van der Waals surface area contributed by atoms with E-state index in [9.17, 15) is 13.2 Å². The zero-order chi connectivity index (χ0) is 19.5. The fraction of sp³-hybridized carbons (Fsp3) is 0.235. The third-order valence-electron chi connectivity index (χ3n) is 3.29. The second kappa shape index (κ2) is 8.26. The largest absolute Gasteiger partial charge is 0.495 e. The van der Waals surface area contributed by atoms with E-state index < -0.39 is 15.9 Å². The van der Waals surface area contributed by atoms with Crippen molar-refractivity contribution in [3.8, 4) is 5.75 Å². The van der Waals surface area contributed by atoms with Crippen LogP contribution in [0.4, 0.5) is 5.69 Å². The molecular formula is C17H18Cl2N2O4S. The topological polar surface area (TPSA) is 84.5 Å². The Morgan fingerprint density at radius 3 is 2.35 bits per heavy atom. The van der Waals surface area contributed by atoms with Crippen molar-refractivity contribution < 1.29 is 17.9 Å². The van der Waals surface area contributed by atoms with E-state index in [1.54, 1.807) is 26.0 Å². The molecule has 0 radical (unpaired) electrons. The average Bonchev–Trinajstić information content (AvgIpc) is 2.54. The Morgan fingerprint density at radius 1 is 1.08 bits per heavy atom. The van der Waals surface area contributed by atoms with E-state index in [1.165, 1.54) is 31.4 Å². The minimum atomic E-state index is -3.75. The molecule has 0 bridgehead atoms. The van der Waals surface area contributed by atoms with Gasteiger partial charge >= 0.3 is 0 Å². The lowest BCUT2D eigenvalue weighted by molar-refractivity contribution is 0.102. The number of sulfonamides is 1. The Labute approximate surface area is 162 Å². The van der Waals surface area contributed by atoms with Gasteiger partial charge in [-0.05, 0) is 50.2 Å². The maximum Gasteiger partial charge on any atom is 0.257 e. The monoisotopic (exact) mass is 416 g/mol. The number of carbonyl (C=O) groups excluding carboxylic acids is 1. The molecule has 6 nitrogen and oxygen atoms in total. The van der Waals surface area contributed by atoms with Crippen LogP contribution in [0.25, 0.3) is 0 Å². The smallest absolute Gasteiger partial charge is 0.257 e. The summed E-state index contributed by atoms with van der Waals surface area (Å²) in [4.78, 5) is 12.5. The van der Waals surface area contributed by atoms with Gasteiger partial charge in [0.1, 0.15) is 5.75 Å². The zero-order valence-corrected chi connectivity index (χ0v) is 16.7. The summed E-state index contributed by atoms with van der Waals surface area (Å²) in [7, 11) is -2.26. The fourth-order valence-electron chi connectivity index (χ4n) is 2.17. The maximum absolute atomic E-state index is 12.5. The second-order valence-electron chi connectivity index (χ2n) is 5.72. The van der Waals surface area contributed by atoms with Gasteiger partial charge in [-0.15, -0.1) is 0 Å². The quantitative estimate of drug-likeness (QED) is 0.746. The first-order chi connectivity index (χ1) is 12.1. The Hall–Kier alpha value is -1.80. The molecule has 26 heavy (non-hydrogen) atoms. The van der Waals surface area contributed by atoms with Gasteiger partial charge in [0, 0.05) is 11.7 Å². The average molecular weight is 417 g/mol. The molecule has 0 unspecified atom stereocenters. The van der Waals surface area contributed by atoms with Crippen LogP contribution in [0, 0.1) is 0 Å². The molecule has 0 heterocycles. The molecule has 2 aromatic rings. The molecule has 1 amide bonds. The molecule has 0 atom stereocenters. The van der Waals surface area contributed by atoms with Crippen molar-refractivity contribution in [2.45, 2.75) is 24.8 Å². The van der Waals surface area contributed by atoms with E-state index >= 15 is 0 Å².